The van der Waals surface area contributed by atoms with Gasteiger partial charge >= 0.3 is 5.97 Å². The van der Waals surface area contributed by atoms with Gasteiger partial charge in [0.05, 0.1) is 0 Å². The number of fused-ring (bicyclic) bond motifs is 1. The molecule has 0 aliphatic carbocycles. The predicted molar refractivity (Wildman–Crippen MR) is 44.3 cm³/mol. The maximum absolute atomic E-state index is 12.8. The van der Waals surface area contributed by atoms with Gasteiger partial charge in [0.1, 0.15) is 18.1 Å². The molecular formula is C8H6FN3O2. The zero-order chi connectivity index (χ0) is 10.1. The molecule has 0 saturated carbocycles. The summed E-state index contributed by atoms with van der Waals surface area (Å²) in [6.45, 7) is 0. The van der Waals surface area contributed by atoms with Gasteiger partial charge in [-0.1, -0.05) is 0 Å². The van der Waals surface area contributed by atoms with Gasteiger partial charge in [0.2, 0.25) is 0 Å². The molecule has 0 aliphatic rings. The van der Waals surface area contributed by atoms with Crippen LogP contribution in [0.15, 0.2) is 18.3 Å². The molecule has 0 amide bonds. The van der Waals surface area contributed by atoms with Crippen molar-refractivity contribution in [2.75, 3.05) is 0 Å². The van der Waals surface area contributed by atoms with Crippen LogP contribution in [-0.2, 0) is 11.2 Å². The lowest BCUT2D eigenvalue weighted by Crippen LogP contribution is -2.04. The van der Waals surface area contributed by atoms with Crippen molar-refractivity contribution in [2.45, 2.75) is 6.42 Å². The number of carbonyl (C=O) groups is 1. The zero-order valence-corrected chi connectivity index (χ0v) is 7.01. The van der Waals surface area contributed by atoms with Crippen LogP contribution in [0.2, 0.25) is 0 Å². The van der Waals surface area contributed by atoms with Gasteiger partial charge in [0, 0.05) is 6.20 Å². The highest BCUT2D eigenvalue weighted by atomic mass is 19.1. The lowest BCUT2D eigenvalue weighted by Gasteiger charge is -1.95. The average molecular weight is 195 g/mol. The Morgan fingerprint density at radius 2 is 2.29 bits per heavy atom. The van der Waals surface area contributed by atoms with Crippen LogP contribution in [0.25, 0.3) is 5.65 Å². The minimum Gasteiger partial charge on any atom is -0.481 e. The molecule has 1 N–H and O–H groups in total. The lowest BCUT2D eigenvalue weighted by molar-refractivity contribution is -0.136. The third kappa shape index (κ3) is 1.41. The highest BCUT2D eigenvalue weighted by molar-refractivity contribution is 5.69. The molecule has 6 heteroatoms. The normalized spacial score (nSPS) is 10.6. The molecule has 0 aliphatic heterocycles. The van der Waals surface area contributed by atoms with Crippen molar-refractivity contribution in [1.82, 2.24) is 14.6 Å². The van der Waals surface area contributed by atoms with Crippen LogP contribution in [-0.4, -0.2) is 25.7 Å². The van der Waals surface area contributed by atoms with Gasteiger partial charge in [-0.25, -0.2) is 4.39 Å². The number of hydrogen-bond acceptors (Lipinski definition) is 3. The van der Waals surface area contributed by atoms with Crippen LogP contribution in [0.1, 0.15) is 5.82 Å². The largest absolute Gasteiger partial charge is 0.481 e. The third-order valence-corrected chi connectivity index (χ3v) is 1.75. The summed E-state index contributed by atoms with van der Waals surface area (Å²) >= 11 is 0. The van der Waals surface area contributed by atoms with E-state index in [0.29, 0.717) is 5.65 Å². The Balaban J connectivity index is 2.55. The molecule has 2 heterocycles. The van der Waals surface area contributed by atoms with Crippen LogP contribution >= 0.6 is 0 Å². The van der Waals surface area contributed by atoms with E-state index >= 15 is 0 Å². The summed E-state index contributed by atoms with van der Waals surface area (Å²) in [4.78, 5) is 10.4. The summed E-state index contributed by atoms with van der Waals surface area (Å²) in [6, 6.07) is 2.68. The summed E-state index contributed by atoms with van der Waals surface area (Å²) in [7, 11) is 0. The second-order valence-corrected chi connectivity index (χ2v) is 2.76. The highest BCUT2D eigenvalue weighted by Gasteiger charge is 2.09. The van der Waals surface area contributed by atoms with E-state index in [1.807, 2.05) is 0 Å². The van der Waals surface area contributed by atoms with E-state index in [-0.39, 0.29) is 12.2 Å². The monoisotopic (exact) mass is 195 g/mol. The van der Waals surface area contributed by atoms with Crippen molar-refractivity contribution in [2.24, 2.45) is 0 Å². The zero-order valence-electron chi connectivity index (χ0n) is 7.01. The molecule has 2 aromatic rings. The number of pyridine rings is 1. The van der Waals surface area contributed by atoms with E-state index in [2.05, 4.69) is 10.2 Å². The summed E-state index contributed by atoms with van der Waals surface area (Å²) in [5, 5.41) is 15.9. The maximum atomic E-state index is 12.8. The quantitative estimate of drug-likeness (QED) is 0.757. The van der Waals surface area contributed by atoms with Crippen LogP contribution < -0.4 is 0 Å². The van der Waals surface area contributed by atoms with E-state index in [4.69, 9.17) is 5.11 Å². The molecule has 0 unspecified atom stereocenters. The van der Waals surface area contributed by atoms with Gasteiger partial charge in [-0.2, -0.15) is 0 Å². The Labute approximate surface area is 77.8 Å². The summed E-state index contributed by atoms with van der Waals surface area (Å²) in [5.74, 6) is -1.26. The third-order valence-electron chi connectivity index (χ3n) is 1.75. The maximum Gasteiger partial charge on any atom is 0.311 e. The molecule has 14 heavy (non-hydrogen) atoms. The first-order chi connectivity index (χ1) is 6.66. The summed E-state index contributed by atoms with van der Waals surface area (Å²) in [5.41, 5.74) is 0.433. The van der Waals surface area contributed by atoms with Gasteiger partial charge in [-0.15, -0.1) is 10.2 Å². The van der Waals surface area contributed by atoms with Crippen molar-refractivity contribution in [3.8, 4) is 0 Å². The van der Waals surface area contributed by atoms with E-state index in [1.54, 1.807) is 0 Å². The molecule has 0 spiro atoms. The molecule has 0 bridgehead atoms. The summed E-state index contributed by atoms with van der Waals surface area (Å²) in [6.07, 6.45) is 0.887. The average Bonchev–Trinajstić information content (AvgIpc) is 2.47. The Kier molecular flexibility index (Phi) is 1.88. The second-order valence-electron chi connectivity index (χ2n) is 2.76. The van der Waals surface area contributed by atoms with Crippen LogP contribution in [0.5, 0.6) is 0 Å². The molecule has 0 radical (unpaired) electrons. The Morgan fingerprint density at radius 1 is 1.50 bits per heavy atom. The molecule has 2 aromatic heterocycles. The standard InChI is InChI=1S/C8H6FN3O2/c9-5-1-2-6-10-11-7(3-8(13)14)12(6)4-5/h1-2,4H,3H2,(H,13,14). The van der Waals surface area contributed by atoms with Crippen LogP contribution in [0.4, 0.5) is 4.39 Å². The highest BCUT2D eigenvalue weighted by Crippen LogP contribution is 2.06. The molecule has 2 rings (SSSR count). The number of rotatable bonds is 2. The first-order valence-electron chi connectivity index (χ1n) is 3.88. The van der Waals surface area contributed by atoms with Crippen molar-refractivity contribution >= 4 is 11.6 Å². The Hall–Kier alpha value is -1.98. The van der Waals surface area contributed by atoms with Gasteiger partial charge in [0.15, 0.2) is 5.65 Å². The fourth-order valence-electron chi connectivity index (χ4n) is 1.17. The number of nitrogens with zero attached hydrogens (tertiary/aromatic N) is 3. The number of carboxylic acids is 1. The predicted octanol–water partition coefficient (Wildman–Crippen LogP) is 0.495. The van der Waals surface area contributed by atoms with Gasteiger partial charge < -0.3 is 5.11 Å². The van der Waals surface area contributed by atoms with Crippen LogP contribution in [0, 0.1) is 5.82 Å². The molecule has 0 fully saturated rings. The van der Waals surface area contributed by atoms with Gasteiger partial charge in [-0.05, 0) is 12.1 Å². The number of halogens is 1. The van der Waals surface area contributed by atoms with Crippen molar-refractivity contribution in [3.63, 3.8) is 0 Å². The molecule has 5 nitrogen and oxygen atoms in total. The number of aromatic nitrogens is 3. The molecule has 72 valence electrons. The van der Waals surface area contributed by atoms with Crippen molar-refractivity contribution in [1.29, 1.82) is 0 Å². The number of carboxylic acid groups (broad SMARTS) is 1. The Bertz CT molecular complexity index is 494. The lowest BCUT2D eigenvalue weighted by atomic mass is 10.4. The van der Waals surface area contributed by atoms with Crippen LogP contribution in [0.3, 0.4) is 0 Å². The minimum absolute atomic E-state index is 0.215. The first-order valence-corrected chi connectivity index (χ1v) is 3.88. The molecule has 0 saturated heterocycles. The smallest absolute Gasteiger partial charge is 0.311 e. The molecule has 0 atom stereocenters. The molecular weight excluding hydrogens is 189 g/mol. The minimum atomic E-state index is -1.02. The second kappa shape index (κ2) is 3.06. The van der Waals surface area contributed by atoms with E-state index in [0.717, 1.165) is 6.20 Å². The fourth-order valence-corrected chi connectivity index (χ4v) is 1.17. The topological polar surface area (TPSA) is 67.5 Å². The van der Waals surface area contributed by atoms with E-state index in [9.17, 15) is 9.18 Å². The van der Waals surface area contributed by atoms with Gasteiger partial charge in [-0.3, -0.25) is 9.20 Å². The number of hydrogen-bond donors (Lipinski definition) is 1. The Morgan fingerprint density at radius 3 is 3.00 bits per heavy atom. The SMILES string of the molecule is O=C(O)Cc1nnc2ccc(F)cn12. The first kappa shape index (κ1) is 8.61. The summed E-state index contributed by atoms with van der Waals surface area (Å²) < 4.78 is 14.1. The van der Waals surface area contributed by atoms with Gasteiger partial charge in [0.25, 0.3) is 0 Å². The fraction of sp³-hybridized carbons (Fsp3) is 0.125. The van der Waals surface area contributed by atoms with E-state index < -0.39 is 11.8 Å². The van der Waals surface area contributed by atoms with E-state index in [1.165, 1.54) is 16.5 Å². The number of aliphatic carboxylic acids is 1. The molecule has 0 aromatic carbocycles. The van der Waals surface area contributed by atoms with Crippen molar-refractivity contribution in [3.05, 3.63) is 30.0 Å². The van der Waals surface area contributed by atoms with Crippen molar-refractivity contribution < 1.29 is 14.3 Å².